The van der Waals surface area contributed by atoms with Gasteiger partial charge in [0.25, 0.3) is 0 Å². The van der Waals surface area contributed by atoms with Crippen LogP contribution < -0.4 is 10.6 Å². The maximum atomic E-state index is 5.19. The third-order valence-electron chi connectivity index (χ3n) is 5.54. The molecule has 0 bridgehead atoms. The van der Waals surface area contributed by atoms with Gasteiger partial charge in [0.15, 0.2) is 5.96 Å². The van der Waals surface area contributed by atoms with Gasteiger partial charge < -0.3 is 20.3 Å². The van der Waals surface area contributed by atoms with Crippen LogP contribution in [0.1, 0.15) is 52.4 Å². The van der Waals surface area contributed by atoms with Crippen molar-refractivity contribution in [2.75, 3.05) is 52.2 Å². The van der Waals surface area contributed by atoms with Crippen molar-refractivity contribution in [1.29, 1.82) is 0 Å². The fraction of sp³-hybridized carbons (Fsp3) is 0.950. The third-order valence-corrected chi connectivity index (χ3v) is 6.77. The van der Waals surface area contributed by atoms with Crippen molar-refractivity contribution in [3.8, 4) is 0 Å². The lowest BCUT2D eigenvalue weighted by Crippen LogP contribution is -2.46. The van der Waals surface area contributed by atoms with Gasteiger partial charge in [-0.25, -0.2) is 0 Å². The molecule has 160 valence electrons. The van der Waals surface area contributed by atoms with Crippen LogP contribution in [-0.4, -0.2) is 74.3 Å². The van der Waals surface area contributed by atoms with Crippen LogP contribution in [0, 0.1) is 5.92 Å². The number of hydrogen-bond donors (Lipinski definition) is 2. The summed E-state index contributed by atoms with van der Waals surface area (Å²) in [6.45, 7) is 10.6. The maximum Gasteiger partial charge on any atom is 0.191 e. The lowest BCUT2D eigenvalue weighted by Gasteiger charge is -2.32. The smallest absolute Gasteiger partial charge is 0.191 e. The van der Waals surface area contributed by atoms with Crippen LogP contribution in [0.25, 0.3) is 0 Å². The number of halogens is 1. The molecule has 2 N–H and O–H groups in total. The number of methoxy groups -OCH3 is 1. The van der Waals surface area contributed by atoms with Crippen LogP contribution in [0.4, 0.5) is 0 Å². The van der Waals surface area contributed by atoms with Gasteiger partial charge in [-0.3, -0.25) is 4.99 Å². The second kappa shape index (κ2) is 15.2. The van der Waals surface area contributed by atoms with Gasteiger partial charge in [0, 0.05) is 38.0 Å². The van der Waals surface area contributed by atoms with Crippen molar-refractivity contribution < 1.29 is 4.74 Å². The number of guanidine groups is 1. The van der Waals surface area contributed by atoms with Crippen molar-refractivity contribution in [2.24, 2.45) is 10.9 Å². The number of aliphatic imine (C=N–C) groups is 1. The number of hydrogen-bond acceptors (Lipinski definition) is 4. The van der Waals surface area contributed by atoms with Crippen LogP contribution >= 0.6 is 35.7 Å². The highest BCUT2D eigenvalue weighted by Crippen LogP contribution is 2.28. The van der Waals surface area contributed by atoms with Gasteiger partial charge in [-0.2, -0.15) is 11.8 Å². The molecule has 1 saturated carbocycles. The lowest BCUT2D eigenvalue weighted by molar-refractivity contribution is 0.121. The minimum absolute atomic E-state index is 0. The van der Waals surface area contributed by atoms with E-state index in [1.165, 1.54) is 57.4 Å². The van der Waals surface area contributed by atoms with Gasteiger partial charge in [-0.15, -0.1) is 24.0 Å². The molecule has 5 nitrogen and oxygen atoms in total. The van der Waals surface area contributed by atoms with Crippen molar-refractivity contribution in [3.05, 3.63) is 0 Å². The molecule has 0 amide bonds. The Bertz CT molecular complexity index is 403. The number of rotatable bonds is 9. The number of thioether (sulfide) groups is 1. The molecule has 2 unspecified atom stereocenters. The van der Waals surface area contributed by atoms with Crippen molar-refractivity contribution in [3.63, 3.8) is 0 Å². The molecule has 1 saturated heterocycles. The van der Waals surface area contributed by atoms with E-state index in [0.29, 0.717) is 6.04 Å². The summed E-state index contributed by atoms with van der Waals surface area (Å²) in [7, 11) is 1.78. The molecule has 2 atom stereocenters. The fourth-order valence-corrected chi connectivity index (χ4v) is 5.18. The van der Waals surface area contributed by atoms with Gasteiger partial charge in [-0.05, 0) is 63.8 Å². The Morgan fingerprint density at radius 2 is 1.96 bits per heavy atom. The fourth-order valence-electron chi connectivity index (χ4n) is 4.01. The summed E-state index contributed by atoms with van der Waals surface area (Å²) >= 11 is 2.12. The van der Waals surface area contributed by atoms with E-state index in [1.807, 2.05) is 0 Å². The predicted molar refractivity (Wildman–Crippen MR) is 130 cm³/mol. The second-order valence-corrected chi connectivity index (χ2v) is 9.16. The first-order chi connectivity index (χ1) is 12.7. The average Bonchev–Trinajstić information content (AvgIpc) is 2.66. The standard InChI is InChI=1S/C20H40N4OS.HI/c1-4-21-20(23-18-7-6-8-19(15-18)26-5-2)22-16-17-9-11-24(12-10-17)13-14-25-3;/h17-19H,4-16H2,1-3H3,(H2,21,22,23);1H. The van der Waals surface area contributed by atoms with Crippen molar-refractivity contribution >= 4 is 41.7 Å². The molecule has 7 heteroatoms. The molecule has 2 fully saturated rings. The van der Waals surface area contributed by atoms with Gasteiger partial charge >= 0.3 is 0 Å². The van der Waals surface area contributed by atoms with Gasteiger partial charge in [0.2, 0.25) is 0 Å². The summed E-state index contributed by atoms with van der Waals surface area (Å²) in [4.78, 5) is 7.45. The Morgan fingerprint density at radius 1 is 1.19 bits per heavy atom. The van der Waals surface area contributed by atoms with Crippen molar-refractivity contribution in [1.82, 2.24) is 15.5 Å². The molecule has 0 radical (unpaired) electrons. The molecular formula is C20H41IN4OS. The van der Waals surface area contributed by atoms with E-state index >= 15 is 0 Å². The first kappa shape index (κ1) is 25.3. The Kier molecular flexibility index (Phi) is 14.2. The molecule has 2 rings (SSSR count). The average molecular weight is 513 g/mol. The molecule has 0 aromatic rings. The highest BCUT2D eigenvalue weighted by Gasteiger charge is 2.23. The van der Waals surface area contributed by atoms with E-state index in [0.717, 1.165) is 43.4 Å². The van der Waals surface area contributed by atoms with Gasteiger partial charge in [-0.1, -0.05) is 13.3 Å². The molecule has 1 heterocycles. The summed E-state index contributed by atoms with van der Waals surface area (Å²) in [5.41, 5.74) is 0. The third kappa shape index (κ3) is 10.0. The summed E-state index contributed by atoms with van der Waals surface area (Å²) < 4.78 is 5.19. The molecule has 27 heavy (non-hydrogen) atoms. The number of piperidine rings is 1. The van der Waals surface area contributed by atoms with Gasteiger partial charge in [0.1, 0.15) is 0 Å². The maximum absolute atomic E-state index is 5.19. The van der Waals surface area contributed by atoms with E-state index in [9.17, 15) is 0 Å². The van der Waals surface area contributed by atoms with E-state index in [-0.39, 0.29) is 24.0 Å². The Labute approximate surface area is 188 Å². The van der Waals surface area contributed by atoms with E-state index in [2.05, 4.69) is 41.1 Å². The quantitative estimate of drug-likeness (QED) is 0.281. The van der Waals surface area contributed by atoms with Crippen LogP contribution in [-0.2, 0) is 4.74 Å². The topological polar surface area (TPSA) is 48.9 Å². The summed E-state index contributed by atoms with van der Waals surface area (Å²) in [5, 5.41) is 8.00. The zero-order chi connectivity index (χ0) is 18.6. The molecular weight excluding hydrogens is 471 g/mol. The van der Waals surface area contributed by atoms with Crippen LogP contribution in [0.5, 0.6) is 0 Å². The second-order valence-electron chi connectivity index (χ2n) is 7.58. The monoisotopic (exact) mass is 512 g/mol. The molecule has 2 aliphatic rings. The summed E-state index contributed by atoms with van der Waals surface area (Å²) in [6, 6.07) is 0.585. The molecule has 0 spiro atoms. The van der Waals surface area contributed by atoms with Crippen LogP contribution in [0.15, 0.2) is 4.99 Å². The lowest BCUT2D eigenvalue weighted by atomic mass is 9.95. The van der Waals surface area contributed by atoms with E-state index in [1.54, 1.807) is 7.11 Å². The number of ether oxygens (including phenoxy) is 1. The Hall–Kier alpha value is 0.270. The summed E-state index contributed by atoms with van der Waals surface area (Å²) in [6.07, 6.45) is 7.79. The Balaban J connectivity index is 0.00000364. The number of nitrogens with zero attached hydrogens (tertiary/aromatic N) is 2. The van der Waals surface area contributed by atoms with E-state index < -0.39 is 0 Å². The first-order valence-corrected chi connectivity index (χ1v) is 11.7. The SMILES string of the molecule is CCNC(=NCC1CCN(CCOC)CC1)NC1CCCC(SCC)C1.I. The minimum atomic E-state index is 0. The van der Waals surface area contributed by atoms with Gasteiger partial charge in [0.05, 0.1) is 6.61 Å². The minimum Gasteiger partial charge on any atom is -0.383 e. The first-order valence-electron chi connectivity index (χ1n) is 10.6. The zero-order valence-electron chi connectivity index (χ0n) is 17.5. The molecule has 1 aliphatic heterocycles. The van der Waals surface area contributed by atoms with Crippen LogP contribution in [0.2, 0.25) is 0 Å². The van der Waals surface area contributed by atoms with Crippen LogP contribution in [0.3, 0.4) is 0 Å². The highest BCUT2D eigenvalue weighted by atomic mass is 127. The molecule has 0 aromatic heterocycles. The number of nitrogens with one attached hydrogen (secondary N) is 2. The Morgan fingerprint density at radius 3 is 2.63 bits per heavy atom. The van der Waals surface area contributed by atoms with Crippen molar-refractivity contribution in [2.45, 2.75) is 63.7 Å². The normalized spacial score (nSPS) is 25.1. The summed E-state index contributed by atoms with van der Waals surface area (Å²) in [5.74, 6) is 2.98. The van der Waals surface area contributed by atoms with E-state index in [4.69, 9.17) is 9.73 Å². The number of likely N-dealkylation sites (tertiary alicyclic amines) is 1. The zero-order valence-corrected chi connectivity index (χ0v) is 20.7. The predicted octanol–water partition coefficient (Wildman–Crippen LogP) is 3.58. The highest BCUT2D eigenvalue weighted by molar-refractivity contribution is 14.0. The molecule has 0 aromatic carbocycles. The largest absolute Gasteiger partial charge is 0.383 e. The molecule has 1 aliphatic carbocycles.